The molecule has 1 aliphatic rings. The summed E-state index contributed by atoms with van der Waals surface area (Å²) in [6.45, 7) is 6.21. The van der Waals surface area contributed by atoms with Gasteiger partial charge in [0.05, 0.1) is 24.9 Å². The second-order valence-corrected chi connectivity index (χ2v) is 5.03. The third kappa shape index (κ3) is 2.59. The summed E-state index contributed by atoms with van der Waals surface area (Å²) in [5.41, 5.74) is -0.333. The van der Waals surface area contributed by atoms with Crippen molar-refractivity contribution in [2.24, 2.45) is 0 Å². The van der Waals surface area contributed by atoms with E-state index in [9.17, 15) is 5.11 Å². The minimum Gasteiger partial charge on any atom is -0.384 e. The van der Waals surface area contributed by atoms with Crippen LogP contribution in [0.3, 0.4) is 0 Å². The molecule has 0 bridgehead atoms. The predicted molar refractivity (Wildman–Crippen MR) is 58.8 cm³/mol. The molecule has 0 aromatic carbocycles. The van der Waals surface area contributed by atoms with E-state index in [0.29, 0.717) is 18.3 Å². The molecule has 2 atom stereocenters. The molecule has 2 rings (SSSR count). The van der Waals surface area contributed by atoms with Crippen LogP contribution in [-0.4, -0.2) is 32.3 Å². The number of ether oxygens (including phenoxy) is 1. The molecule has 0 radical (unpaired) electrons. The van der Waals surface area contributed by atoms with Gasteiger partial charge in [0, 0.05) is 0 Å². The Hall–Kier alpha value is -0.940. The van der Waals surface area contributed by atoms with Crippen molar-refractivity contribution in [3.05, 3.63) is 11.9 Å². The van der Waals surface area contributed by atoms with E-state index in [2.05, 4.69) is 17.2 Å². The normalized spacial score (nSPS) is 26.2. The smallest absolute Gasteiger partial charge is 0.114 e. The van der Waals surface area contributed by atoms with E-state index in [1.807, 2.05) is 0 Å². The summed E-state index contributed by atoms with van der Waals surface area (Å²) >= 11 is 0. The zero-order valence-electron chi connectivity index (χ0n) is 10.1. The van der Waals surface area contributed by atoms with Crippen molar-refractivity contribution < 1.29 is 9.84 Å². The molecule has 1 aliphatic heterocycles. The first-order valence-electron chi connectivity index (χ1n) is 5.73. The van der Waals surface area contributed by atoms with Crippen molar-refractivity contribution >= 4 is 0 Å². The zero-order valence-corrected chi connectivity index (χ0v) is 10.1. The summed E-state index contributed by atoms with van der Waals surface area (Å²) in [5, 5.41) is 17.7. The van der Waals surface area contributed by atoms with E-state index >= 15 is 0 Å². The predicted octanol–water partition coefficient (Wildman–Crippen LogP) is 1.07. The fraction of sp³-hybridized carbons (Fsp3) is 0.818. The quantitative estimate of drug-likeness (QED) is 0.836. The van der Waals surface area contributed by atoms with Gasteiger partial charge in [-0.15, -0.1) is 5.10 Å². The molecule has 16 heavy (non-hydrogen) atoms. The highest BCUT2D eigenvalue weighted by atomic mass is 16.5. The molecular weight excluding hydrogens is 206 g/mol. The molecule has 90 valence electrons. The molecule has 0 amide bonds. The zero-order chi connectivity index (χ0) is 11.8. The van der Waals surface area contributed by atoms with Crippen molar-refractivity contribution in [2.75, 3.05) is 0 Å². The SMILES string of the molecule is CC1CCC(Cn2cc(C(C)(C)O)nn2)O1. The van der Waals surface area contributed by atoms with E-state index in [-0.39, 0.29) is 6.10 Å². The Labute approximate surface area is 95.4 Å². The molecular formula is C11H19N3O2. The lowest BCUT2D eigenvalue weighted by Crippen LogP contribution is -2.17. The van der Waals surface area contributed by atoms with Gasteiger partial charge in [-0.05, 0) is 33.6 Å². The summed E-state index contributed by atoms with van der Waals surface area (Å²) in [6, 6.07) is 0. The molecule has 1 aromatic heterocycles. The first-order chi connectivity index (χ1) is 7.45. The molecule has 1 saturated heterocycles. The Kier molecular flexibility index (Phi) is 2.99. The molecule has 2 heterocycles. The largest absolute Gasteiger partial charge is 0.384 e. The Morgan fingerprint density at radius 1 is 1.56 bits per heavy atom. The molecule has 1 fully saturated rings. The number of nitrogens with zero attached hydrogens (tertiary/aromatic N) is 3. The maximum absolute atomic E-state index is 9.76. The van der Waals surface area contributed by atoms with Gasteiger partial charge in [0.1, 0.15) is 11.3 Å². The highest BCUT2D eigenvalue weighted by molar-refractivity contribution is 5.02. The van der Waals surface area contributed by atoms with Crippen LogP contribution in [0.1, 0.15) is 39.3 Å². The number of aliphatic hydroxyl groups is 1. The number of hydrogen-bond acceptors (Lipinski definition) is 4. The number of rotatable bonds is 3. The Morgan fingerprint density at radius 3 is 2.81 bits per heavy atom. The fourth-order valence-electron chi connectivity index (χ4n) is 1.90. The van der Waals surface area contributed by atoms with Crippen LogP contribution in [-0.2, 0) is 16.9 Å². The standard InChI is InChI=1S/C11H19N3O2/c1-8-4-5-9(16-8)6-14-7-10(12-13-14)11(2,3)15/h7-9,15H,4-6H2,1-3H3. The molecule has 1 N–H and O–H groups in total. The molecule has 0 saturated carbocycles. The lowest BCUT2D eigenvalue weighted by molar-refractivity contribution is 0.0432. The van der Waals surface area contributed by atoms with Gasteiger partial charge in [-0.1, -0.05) is 5.21 Å². The van der Waals surface area contributed by atoms with Gasteiger partial charge in [-0.25, -0.2) is 4.68 Å². The summed E-state index contributed by atoms with van der Waals surface area (Å²) in [4.78, 5) is 0. The van der Waals surface area contributed by atoms with Gasteiger partial charge in [0.15, 0.2) is 0 Å². The highest BCUT2D eigenvalue weighted by Gasteiger charge is 2.24. The van der Waals surface area contributed by atoms with Gasteiger partial charge in [-0.3, -0.25) is 0 Å². The van der Waals surface area contributed by atoms with E-state index < -0.39 is 5.60 Å². The first kappa shape index (κ1) is 11.5. The van der Waals surface area contributed by atoms with E-state index in [1.165, 1.54) is 0 Å². The maximum atomic E-state index is 9.76. The van der Waals surface area contributed by atoms with E-state index in [4.69, 9.17) is 4.74 Å². The summed E-state index contributed by atoms with van der Waals surface area (Å²) < 4.78 is 7.46. The van der Waals surface area contributed by atoms with Crippen molar-refractivity contribution in [2.45, 2.75) is 58.0 Å². The highest BCUT2D eigenvalue weighted by Crippen LogP contribution is 2.21. The number of hydrogen-bond donors (Lipinski definition) is 1. The Bertz CT molecular complexity index is 356. The van der Waals surface area contributed by atoms with Crippen molar-refractivity contribution in [1.82, 2.24) is 15.0 Å². The Balaban J connectivity index is 1.98. The minimum absolute atomic E-state index is 0.228. The molecule has 2 unspecified atom stereocenters. The molecule has 0 spiro atoms. The molecule has 0 aliphatic carbocycles. The van der Waals surface area contributed by atoms with Crippen LogP contribution in [0, 0.1) is 0 Å². The molecule has 5 heteroatoms. The third-order valence-electron chi connectivity index (χ3n) is 2.88. The monoisotopic (exact) mass is 225 g/mol. The minimum atomic E-state index is -0.928. The van der Waals surface area contributed by atoms with Crippen molar-refractivity contribution in [3.63, 3.8) is 0 Å². The van der Waals surface area contributed by atoms with Crippen molar-refractivity contribution in [1.29, 1.82) is 0 Å². The van der Waals surface area contributed by atoms with E-state index in [1.54, 1.807) is 24.7 Å². The lowest BCUT2D eigenvalue weighted by atomic mass is 10.1. The van der Waals surface area contributed by atoms with Gasteiger partial charge >= 0.3 is 0 Å². The average molecular weight is 225 g/mol. The number of aromatic nitrogens is 3. The fourth-order valence-corrected chi connectivity index (χ4v) is 1.90. The molecule has 5 nitrogen and oxygen atoms in total. The second-order valence-electron chi connectivity index (χ2n) is 5.03. The third-order valence-corrected chi connectivity index (χ3v) is 2.88. The maximum Gasteiger partial charge on any atom is 0.114 e. The van der Waals surface area contributed by atoms with Crippen molar-refractivity contribution in [3.8, 4) is 0 Å². The van der Waals surface area contributed by atoms with Crippen LogP contribution in [0.4, 0.5) is 0 Å². The van der Waals surface area contributed by atoms with Gasteiger partial charge in [-0.2, -0.15) is 0 Å². The van der Waals surface area contributed by atoms with Crippen LogP contribution in [0.15, 0.2) is 6.20 Å². The first-order valence-corrected chi connectivity index (χ1v) is 5.73. The summed E-state index contributed by atoms with van der Waals surface area (Å²) in [7, 11) is 0. The summed E-state index contributed by atoms with van der Waals surface area (Å²) in [5.74, 6) is 0. The topological polar surface area (TPSA) is 60.2 Å². The van der Waals surface area contributed by atoms with Crippen LogP contribution in [0.25, 0.3) is 0 Å². The van der Waals surface area contributed by atoms with Crippen LogP contribution < -0.4 is 0 Å². The molecule has 1 aromatic rings. The van der Waals surface area contributed by atoms with Gasteiger partial charge < -0.3 is 9.84 Å². The van der Waals surface area contributed by atoms with Gasteiger partial charge in [0.2, 0.25) is 0 Å². The average Bonchev–Trinajstić information content (AvgIpc) is 2.74. The van der Waals surface area contributed by atoms with Crippen LogP contribution in [0.2, 0.25) is 0 Å². The Morgan fingerprint density at radius 2 is 2.31 bits per heavy atom. The van der Waals surface area contributed by atoms with Gasteiger partial charge in [0.25, 0.3) is 0 Å². The second kappa shape index (κ2) is 4.14. The van der Waals surface area contributed by atoms with E-state index in [0.717, 1.165) is 12.8 Å². The summed E-state index contributed by atoms with van der Waals surface area (Å²) in [6.07, 6.45) is 4.54. The lowest BCUT2D eigenvalue weighted by Gasteiger charge is -2.12. The van der Waals surface area contributed by atoms with Crippen LogP contribution in [0.5, 0.6) is 0 Å². The van der Waals surface area contributed by atoms with Crippen LogP contribution >= 0.6 is 0 Å².